The van der Waals surface area contributed by atoms with Gasteiger partial charge in [-0.2, -0.15) is 0 Å². The zero-order chi connectivity index (χ0) is 15.0. The van der Waals surface area contributed by atoms with Crippen LogP contribution in [0.25, 0.3) is 0 Å². The minimum Gasteiger partial charge on any atom is -0.399 e. The van der Waals surface area contributed by atoms with Crippen molar-refractivity contribution in [2.75, 3.05) is 17.2 Å². The fourth-order valence-corrected chi connectivity index (χ4v) is 2.73. The van der Waals surface area contributed by atoms with Crippen molar-refractivity contribution < 1.29 is 9.18 Å². The van der Waals surface area contributed by atoms with Crippen LogP contribution < -0.4 is 10.6 Å². The molecule has 0 bridgehead atoms. The summed E-state index contributed by atoms with van der Waals surface area (Å²) >= 11 is 5.66. The molecule has 5 heteroatoms. The third kappa shape index (κ3) is 2.59. The van der Waals surface area contributed by atoms with Gasteiger partial charge in [0.05, 0.1) is 5.02 Å². The lowest BCUT2D eigenvalue weighted by atomic mass is 10.00. The number of benzene rings is 2. The quantitative estimate of drug-likeness (QED) is 0.817. The van der Waals surface area contributed by atoms with E-state index in [1.807, 2.05) is 12.1 Å². The predicted octanol–water partition coefficient (Wildman–Crippen LogP) is 3.65. The molecule has 0 atom stereocenters. The summed E-state index contributed by atoms with van der Waals surface area (Å²) in [6.45, 7) is 0.611. The number of hydrogen-bond acceptors (Lipinski definition) is 2. The molecular formula is C16H14ClFN2O. The van der Waals surface area contributed by atoms with Crippen LogP contribution >= 0.6 is 11.6 Å². The predicted molar refractivity (Wildman–Crippen MR) is 82.3 cm³/mol. The van der Waals surface area contributed by atoms with Crippen molar-refractivity contribution in [3.8, 4) is 0 Å². The molecule has 2 N–H and O–H groups in total. The molecule has 0 spiro atoms. The Balaban J connectivity index is 1.98. The van der Waals surface area contributed by atoms with E-state index in [9.17, 15) is 9.18 Å². The minimum absolute atomic E-state index is 0.0124. The first-order valence-electron chi connectivity index (χ1n) is 6.71. The molecule has 0 saturated heterocycles. The fraction of sp³-hybridized carbons (Fsp3) is 0.188. The number of rotatable bonds is 1. The number of aryl methyl sites for hydroxylation is 1. The van der Waals surface area contributed by atoms with Crippen LogP contribution in [0.1, 0.15) is 22.3 Å². The number of nitrogen functional groups attached to an aromatic ring is 1. The molecule has 0 saturated carbocycles. The summed E-state index contributed by atoms with van der Waals surface area (Å²) in [5.41, 5.74) is 8.65. The number of nitrogens with zero attached hydrogens (tertiary/aromatic N) is 1. The molecule has 1 aliphatic heterocycles. The standard InChI is InChI=1S/C16H14ClFN2O/c17-13-5-3-11(9-14(13)18)16(21)20-7-1-2-10-8-12(19)4-6-15(10)20/h3-6,8-9H,1-2,7,19H2. The molecule has 2 aromatic rings. The Labute approximate surface area is 127 Å². The molecule has 108 valence electrons. The number of hydrogen-bond donors (Lipinski definition) is 1. The van der Waals surface area contributed by atoms with Crippen molar-refractivity contribution in [3.05, 3.63) is 58.4 Å². The first-order chi connectivity index (χ1) is 10.1. The summed E-state index contributed by atoms with van der Waals surface area (Å²) in [6, 6.07) is 9.62. The largest absolute Gasteiger partial charge is 0.399 e. The molecule has 3 rings (SSSR count). The molecule has 21 heavy (non-hydrogen) atoms. The average Bonchev–Trinajstić information content (AvgIpc) is 2.48. The number of carbonyl (C=O) groups is 1. The monoisotopic (exact) mass is 304 g/mol. The topological polar surface area (TPSA) is 46.3 Å². The first kappa shape index (κ1) is 13.9. The van der Waals surface area contributed by atoms with Crippen LogP contribution in [0, 0.1) is 5.82 Å². The number of anilines is 2. The van der Waals surface area contributed by atoms with Crippen molar-refractivity contribution in [1.29, 1.82) is 0 Å². The van der Waals surface area contributed by atoms with Crippen molar-refractivity contribution in [3.63, 3.8) is 0 Å². The van der Waals surface area contributed by atoms with Crippen LogP contribution in [0.5, 0.6) is 0 Å². The third-order valence-electron chi connectivity index (χ3n) is 3.63. The van der Waals surface area contributed by atoms with E-state index >= 15 is 0 Å². The van der Waals surface area contributed by atoms with Crippen LogP contribution in [0.15, 0.2) is 36.4 Å². The van der Waals surface area contributed by atoms with Crippen molar-refractivity contribution in [1.82, 2.24) is 0 Å². The summed E-state index contributed by atoms with van der Waals surface area (Å²) in [5.74, 6) is -0.812. The van der Waals surface area contributed by atoms with E-state index in [-0.39, 0.29) is 10.9 Å². The maximum atomic E-state index is 13.5. The molecule has 3 nitrogen and oxygen atoms in total. The minimum atomic E-state index is -0.586. The van der Waals surface area contributed by atoms with Gasteiger partial charge in [0.2, 0.25) is 0 Å². The number of carbonyl (C=O) groups excluding carboxylic acids is 1. The van der Waals surface area contributed by atoms with Gasteiger partial charge in [0.25, 0.3) is 5.91 Å². The summed E-state index contributed by atoms with van der Waals surface area (Å²) < 4.78 is 13.5. The Morgan fingerprint density at radius 1 is 1.24 bits per heavy atom. The van der Waals surface area contributed by atoms with Crippen LogP contribution in [-0.4, -0.2) is 12.5 Å². The van der Waals surface area contributed by atoms with E-state index in [1.54, 1.807) is 17.0 Å². The third-order valence-corrected chi connectivity index (χ3v) is 3.94. The highest BCUT2D eigenvalue weighted by Crippen LogP contribution is 2.30. The number of fused-ring (bicyclic) bond motifs is 1. The second kappa shape index (κ2) is 5.37. The van der Waals surface area contributed by atoms with E-state index in [4.69, 9.17) is 17.3 Å². The molecule has 0 unspecified atom stereocenters. The summed E-state index contributed by atoms with van der Waals surface area (Å²) in [5, 5.41) is 0.0124. The van der Waals surface area contributed by atoms with E-state index < -0.39 is 5.82 Å². The van der Waals surface area contributed by atoms with Gasteiger partial charge in [-0.3, -0.25) is 4.79 Å². The van der Waals surface area contributed by atoms with Gasteiger partial charge < -0.3 is 10.6 Å². The molecule has 1 aliphatic rings. The number of nitrogens with two attached hydrogens (primary N) is 1. The van der Waals surface area contributed by atoms with Gasteiger partial charge in [-0.15, -0.1) is 0 Å². The zero-order valence-electron chi connectivity index (χ0n) is 11.3. The lowest BCUT2D eigenvalue weighted by Crippen LogP contribution is -2.35. The van der Waals surface area contributed by atoms with Crippen molar-refractivity contribution in [2.45, 2.75) is 12.8 Å². The summed E-state index contributed by atoms with van der Waals surface area (Å²) in [7, 11) is 0. The van der Waals surface area contributed by atoms with Crippen LogP contribution in [-0.2, 0) is 6.42 Å². The van der Waals surface area contributed by atoms with Gasteiger partial charge in [0, 0.05) is 23.5 Å². The van der Waals surface area contributed by atoms with Gasteiger partial charge in [0.1, 0.15) is 5.82 Å². The Kier molecular flexibility index (Phi) is 3.55. The van der Waals surface area contributed by atoms with Crippen LogP contribution in [0.4, 0.5) is 15.8 Å². The van der Waals surface area contributed by atoms with Gasteiger partial charge in [-0.25, -0.2) is 4.39 Å². The van der Waals surface area contributed by atoms with E-state index in [0.717, 1.165) is 24.1 Å². The van der Waals surface area contributed by atoms with E-state index in [0.29, 0.717) is 17.8 Å². The van der Waals surface area contributed by atoms with E-state index in [2.05, 4.69) is 0 Å². The maximum absolute atomic E-state index is 13.5. The van der Waals surface area contributed by atoms with E-state index in [1.165, 1.54) is 12.1 Å². The summed E-state index contributed by atoms with van der Waals surface area (Å²) in [6.07, 6.45) is 1.75. The molecular weight excluding hydrogens is 291 g/mol. The van der Waals surface area contributed by atoms with Gasteiger partial charge >= 0.3 is 0 Å². The average molecular weight is 305 g/mol. The molecule has 0 aromatic heterocycles. The Hall–Kier alpha value is -2.07. The fourth-order valence-electron chi connectivity index (χ4n) is 2.61. The SMILES string of the molecule is Nc1ccc2c(c1)CCCN2C(=O)c1ccc(Cl)c(F)c1. The molecule has 0 aliphatic carbocycles. The van der Waals surface area contributed by atoms with Gasteiger partial charge in [-0.1, -0.05) is 11.6 Å². The Bertz CT molecular complexity index is 717. The second-order valence-corrected chi connectivity index (χ2v) is 5.48. The van der Waals surface area contributed by atoms with Crippen LogP contribution in [0.3, 0.4) is 0 Å². The number of amides is 1. The highest BCUT2D eigenvalue weighted by Gasteiger charge is 2.24. The molecule has 1 heterocycles. The molecule has 0 radical (unpaired) electrons. The highest BCUT2D eigenvalue weighted by molar-refractivity contribution is 6.30. The first-order valence-corrected chi connectivity index (χ1v) is 7.09. The Morgan fingerprint density at radius 3 is 2.81 bits per heavy atom. The maximum Gasteiger partial charge on any atom is 0.258 e. The summed E-state index contributed by atoms with van der Waals surface area (Å²) in [4.78, 5) is 14.3. The highest BCUT2D eigenvalue weighted by atomic mass is 35.5. The molecule has 2 aromatic carbocycles. The van der Waals surface area contributed by atoms with Crippen molar-refractivity contribution in [2.24, 2.45) is 0 Å². The normalized spacial score (nSPS) is 13.9. The lowest BCUT2D eigenvalue weighted by Gasteiger charge is -2.29. The Morgan fingerprint density at radius 2 is 2.05 bits per heavy atom. The number of halogens is 2. The van der Waals surface area contributed by atoms with Gasteiger partial charge in [0.15, 0.2) is 0 Å². The van der Waals surface area contributed by atoms with Gasteiger partial charge in [-0.05, 0) is 54.8 Å². The molecule has 1 amide bonds. The lowest BCUT2D eigenvalue weighted by molar-refractivity contribution is 0.0984. The van der Waals surface area contributed by atoms with Crippen molar-refractivity contribution >= 4 is 28.9 Å². The smallest absolute Gasteiger partial charge is 0.258 e. The molecule has 0 fully saturated rings. The second-order valence-electron chi connectivity index (χ2n) is 5.08. The van der Waals surface area contributed by atoms with Crippen LogP contribution in [0.2, 0.25) is 5.02 Å². The zero-order valence-corrected chi connectivity index (χ0v) is 12.0.